The number of hydrogen-bond donors (Lipinski definition) is 2. The number of urea groups is 1. The molecule has 1 aromatic rings. The van der Waals surface area contributed by atoms with Crippen molar-refractivity contribution < 1.29 is 14.4 Å². The molecule has 7 heteroatoms. The van der Waals surface area contributed by atoms with Crippen molar-refractivity contribution in [1.82, 2.24) is 10.2 Å². The average molecular weight is 335 g/mol. The smallest absolute Gasteiger partial charge is 0.325 e. The molecule has 3 N–H and O–H groups in total. The molecule has 0 atom stereocenters. The second-order valence-electron chi connectivity index (χ2n) is 5.98. The lowest BCUT2D eigenvalue weighted by molar-refractivity contribution is -0.130. The van der Waals surface area contributed by atoms with E-state index in [0.717, 1.165) is 23.5 Å². The molecule has 6 nitrogen and oxygen atoms in total. The molecular formula is C16H21N3O3S. The Morgan fingerprint density at radius 2 is 2.09 bits per heavy atom. The number of nitrogens with two attached hydrogens (primary N) is 1. The average Bonchev–Trinajstić information content (AvgIpc) is 2.68. The topological polar surface area (TPSA) is 92.5 Å². The molecule has 2 rings (SSSR count). The number of thioether (sulfide) groups is 1. The lowest BCUT2D eigenvalue weighted by Gasteiger charge is -2.15. The SMILES string of the molecule is CC1(C)NC(=O)N(CCCSCc2cccc(C(N)=O)c2)C1=O. The molecule has 1 aliphatic heterocycles. The van der Waals surface area contributed by atoms with Gasteiger partial charge in [0.1, 0.15) is 5.54 Å². The van der Waals surface area contributed by atoms with Crippen LogP contribution in [0, 0.1) is 0 Å². The van der Waals surface area contributed by atoms with Crippen molar-refractivity contribution in [2.45, 2.75) is 31.6 Å². The van der Waals surface area contributed by atoms with E-state index in [1.165, 1.54) is 4.90 Å². The molecule has 1 fully saturated rings. The molecule has 0 aromatic heterocycles. The Hall–Kier alpha value is -2.02. The van der Waals surface area contributed by atoms with Crippen molar-refractivity contribution in [2.24, 2.45) is 5.73 Å². The normalized spacial score (nSPS) is 16.5. The number of primary amides is 1. The predicted octanol–water partition coefficient (Wildman–Crippen LogP) is 1.74. The van der Waals surface area contributed by atoms with Crippen LogP contribution in [0.4, 0.5) is 4.79 Å². The van der Waals surface area contributed by atoms with Gasteiger partial charge in [-0.25, -0.2) is 4.79 Å². The first-order valence-corrected chi connectivity index (χ1v) is 8.57. The molecule has 4 amide bonds. The maximum Gasteiger partial charge on any atom is 0.325 e. The highest BCUT2D eigenvalue weighted by molar-refractivity contribution is 7.98. The Morgan fingerprint density at radius 3 is 2.70 bits per heavy atom. The van der Waals surface area contributed by atoms with Crippen LogP contribution < -0.4 is 11.1 Å². The Kier molecular flexibility index (Phi) is 5.30. The number of amides is 4. The molecule has 0 aliphatic carbocycles. The Labute approximate surface area is 139 Å². The summed E-state index contributed by atoms with van der Waals surface area (Å²) in [5.74, 6) is 0.963. The van der Waals surface area contributed by atoms with E-state index in [-0.39, 0.29) is 11.9 Å². The minimum absolute atomic E-state index is 0.179. The van der Waals surface area contributed by atoms with E-state index in [2.05, 4.69) is 5.32 Å². The summed E-state index contributed by atoms with van der Waals surface area (Å²) in [4.78, 5) is 36.1. The first-order chi connectivity index (χ1) is 10.8. The lowest BCUT2D eigenvalue weighted by Crippen LogP contribution is -2.40. The molecule has 23 heavy (non-hydrogen) atoms. The van der Waals surface area contributed by atoms with Crippen LogP contribution in [0.2, 0.25) is 0 Å². The van der Waals surface area contributed by atoms with Crippen molar-refractivity contribution >= 4 is 29.6 Å². The summed E-state index contributed by atoms with van der Waals surface area (Å²) in [5, 5.41) is 2.66. The zero-order valence-corrected chi connectivity index (χ0v) is 14.1. The zero-order valence-electron chi connectivity index (χ0n) is 13.3. The fraction of sp³-hybridized carbons (Fsp3) is 0.438. The summed E-state index contributed by atoms with van der Waals surface area (Å²) in [6, 6.07) is 6.91. The lowest BCUT2D eigenvalue weighted by atomic mass is 10.1. The van der Waals surface area contributed by atoms with Gasteiger partial charge < -0.3 is 11.1 Å². The molecule has 1 saturated heterocycles. The molecule has 0 unspecified atom stereocenters. The number of imide groups is 1. The summed E-state index contributed by atoms with van der Waals surface area (Å²) in [6.07, 6.45) is 0.732. The van der Waals surface area contributed by atoms with Crippen LogP contribution in [-0.2, 0) is 10.5 Å². The molecule has 0 radical (unpaired) electrons. The number of nitrogens with one attached hydrogen (secondary N) is 1. The first-order valence-electron chi connectivity index (χ1n) is 7.42. The third-order valence-electron chi connectivity index (χ3n) is 3.60. The standard InChI is InChI=1S/C16H21N3O3S/c1-16(2)14(21)19(15(22)18-16)7-4-8-23-10-11-5-3-6-12(9-11)13(17)20/h3,5-6,9H,4,7-8,10H2,1-2H3,(H2,17,20)(H,18,22). The molecule has 0 saturated carbocycles. The van der Waals surface area contributed by atoms with Gasteiger partial charge in [0.05, 0.1) is 0 Å². The van der Waals surface area contributed by atoms with E-state index < -0.39 is 11.4 Å². The number of carbonyl (C=O) groups is 3. The van der Waals surface area contributed by atoms with Gasteiger partial charge in [-0.3, -0.25) is 14.5 Å². The van der Waals surface area contributed by atoms with Gasteiger partial charge in [0, 0.05) is 17.9 Å². The van der Waals surface area contributed by atoms with E-state index in [1.54, 1.807) is 37.7 Å². The number of benzene rings is 1. The molecule has 0 bridgehead atoms. The number of nitrogens with zero attached hydrogens (tertiary/aromatic N) is 1. The highest BCUT2D eigenvalue weighted by Gasteiger charge is 2.43. The van der Waals surface area contributed by atoms with Gasteiger partial charge in [0.15, 0.2) is 0 Å². The van der Waals surface area contributed by atoms with E-state index in [1.807, 2.05) is 12.1 Å². The van der Waals surface area contributed by atoms with Crippen molar-refractivity contribution in [3.8, 4) is 0 Å². The van der Waals surface area contributed by atoms with E-state index in [0.29, 0.717) is 12.1 Å². The minimum Gasteiger partial charge on any atom is -0.366 e. The van der Waals surface area contributed by atoms with Crippen LogP contribution in [-0.4, -0.2) is 40.6 Å². The molecule has 1 aliphatic rings. The number of rotatable bonds is 7. The van der Waals surface area contributed by atoms with Crippen LogP contribution in [0.1, 0.15) is 36.2 Å². The van der Waals surface area contributed by atoms with Gasteiger partial charge in [-0.05, 0) is 43.7 Å². The third kappa shape index (κ3) is 4.25. The van der Waals surface area contributed by atoms with Crippen LogP contribution in [0.15, 0.2) is 24.3 Å². The largest absolute Gasteiger partial charge is 0.366 e. The van der Waals surface area contributed by atoms with E-state index in [9.17, 15) is 14.4 Å². The monoisotopic (exact) mass is 335 g/mol. The highest BCUT2D eigenvalue weighted by atomic mass is 32.2. The minimum atomic E-state index is -0.806. The van der Waals surface area contributed by atoms with Crippen molar-refractivity contribution in [1.29, 1.82) is 0 Å². The van der Waals surface area contributed by atoms with Crippen LogP contribution in [0.25, 0.3) is 0 Å². The Bertz CT molecular complexity index is 631. The Balaban J connectivity index is 1.74. The van der Waals surface area contributed by atoms with Gasteiger partial charge in [0.25, 0.3) is 5.91 Å². The van der Waals surface area contributed by atoms with Gasteiger partial charge >= 0.3 is 6.03 Å². The Morgan fingerprint density at radius 1 is 1.35 bits per heavy atom. The quantitative estimate of drug-likeness (QED) is 0.586. The second-order valence-corrected chi connectivity index (χ2v) is 7.09. The van der Waals surface area contributed by atoms with Crippen LogP contribution in [0.5, 0.6) is 0 Å². The van der Waals surface area contributed by atoms with Crippen LogP contribution >= 0.6 is 11.8 Å². The molecule has 124 valence electrons. The van der Waals surface area contributed by atoms with Crippen LogP contribution in [0.3, 0.4) is 0 Å². The fourth-order valence-corrected chi connectivity index (χ4v) is 3.24. The number of carbonyl (C=O) groups excluding carboxylic acids is 3. The summed E-state index contributed by atoms with van der Waals surface area (Å²) < 4.78 is 0. The van der Waals surface area contributed by atoms with Gasteiger partial charge in [0.2, 0.25) is 5.91 Å². The van der Waals surface area contributed by atoms with E-state index in [4.69, 9.17) is 5.73 Å². The van der Waals surface area contributed by atoms with Crippen molar-refractivity contribution in [2.75, 3.05) is 12.3 Å². The van der Waals surface area contributed by atoms with Crippen molar-refractivity contribution in [3.63, 3.8) is 0 Å². The second kappa shape index (κ2) is 7.04. The van der Waals surface area contributed by atoms with Gasteiger partial charge in [-0.1, -0.05) is 12.1 Å². The zero-order chi connectivity index (χ0) is 17.0. The summed E-state index contributed by atoms with van der Waals surface area (Å²) in [6.45, 7) is 3.82. The van der Waals surface area contributed by atoms with E-state index >= 15 is 0 Å². The summed E-state index contributed by atoms with van der Waals surface area (Å²) in [5.41, 5.74) is 5.98. The highest BCUT2D eigenvalue weighted by Crippen LogP contribution is 2.18. The predicted molar refractivity (Wildman–Crippen MR) is 90.1 cm³/mol. The number of hydrogen-bond acceptors (Lipinski definition) is 4. The first kappa shape index (κ1) is 17.3. The van der Waals surface area contributed by atoms with Gasteiger partial charge in [-0.15, -0.1) is 0 Å². The third-order valence-corrected chi connectivity index (χ3v) is 4.71. The molecule has 0 spiro atoms. The molecule has 1 aromatic carbocycles. The molecule has 1 heterocycles. The maximum absolute atomic E-state index is 12.0. The maximum atomic E-state index is 12.0. The summed E-state index contributed by atoms with van der Waals surface area (Å²) >= 11 is 1.69. The summed E-state index contributed by atoms with van der Waals surface area (Å²) in [7, 11) is 0. The van der Waals surface area contributed by atoms with Crippen molar-refractivity contribution in [3.05, 3.63) is 35.4 Å². The van der Waals surface area contributed by atoms with Gasteiger partial charge in [-0.2, -0.15) is 11.8 Å². The fourth-order valence-electron chi connectivity index (χ4n) is 2.35. The molecular weight excluding hydrogens is 314 g/mol.